The molecule has 0 aliphatic heterocycles. The average molecular weight is 255 g/mol. The van der Waals surface area contributed by atoms with Gasteiger partial charge < -0.3 is 14.7 Å². The summed E-state index contributed by atoms with van der Waals surface area (Å²) in [6, 6.07) is 9.90. The molecule has 2 N–H and O–H groups in total. The Labute approximate surface area is 111 Å². The third kappa shape index (κ3) is 1.94. The van der Waals surface area contributed by atoms with Crippen LogP contribution in [0.25, 0.3) is 22.6 Å². The van der Waals surface area contributed by atoms with Crippen molar-refractivity contribution in [2.45, 2.75) is 19.4 Å². The zero-order valence-electron chi connectivity index (χ0n) is 11.3. The van der Waals surface area contributed by atoms with Gasteiger partial charge in [-0.05, 0) is 43.7 Å². The van der Waals surface area contributed by atoms with E-state index < -0.39 is 0 Å². The molecule has 0 bridgehead atoms. The molecule has 2 aromatic heterocycles. The number of fused-ring (bicyclic) bond motifs is 1. The van der Waals surface area contributed by atoms with Gasteiger partial charge in [-0.3, -0.25) is 0 Å². The van der Waals surface area contributed by atoms with Crippen LogP contribution in [0.4, 0.5) is 0 Å². The van der Waals surface area contributed by atoms with Gasteiger partial charge in [-0.2, -0.15) is 0 Å². The third-order valence-corrected chi connectivity index (χ3v) is 3.37. The minimum atomic E-state index is -0.358. The largest absolute Gasteiger partial charge is 0.461 e. The summed E-state index contributed by atoms with van der Waals surface area (Å²) in [5, 5.41) is 0. The number of hydrogen-bond donors (Lipinski definition) is 1. The van der Waals surface area contributed by atoms with Crippen LogP contribution < -0.4 is 5.73 Å². The number of imidazole rings is 1. The Balaban J connectivity index is 2.22. The first-order valence-corrected chi connectivity index (χ1v) is 6.26. The SMILES string of the molecule is Cn1c(-c2ccco2)nc2ccc(C(C)(C)N)cc21. The first kappa shape index (κ1) is 12.0. The average Bonchev–Trinajstić information content (AvgIpc) is 2.96. The van der Waals surface area contributed by atoms with Gasteiger partial charge in [0.1, 0.15) is 0 Å². The van der Waals surface area contributed by atoms with E-state index in [9.17, 15) is 0 Å². The quantitative estimate of drug-likeness (QED) is 0.765. The normalized spacial score (nSPS) is 12.2. The summed E-state index contributed by atoms with van der Waals surface area (Å²) < 4.78 is 7.45. The summed E-state index contributed by atoms with van der Waals surface area (Å²) in [6.07, 6.45) is 1.66. The van der Waals surface area contributed by atoms with Crippen LogP contribution in [0.3, 0.4) is 0 Å². The molecule has 0 fully saturated rings. The molecule has 0 aliphatic carbocycles. The maximum Gasteiger partial charge on any atom is 0.176 e. The van der Waals surface area contributed by atoms with Gasteiger partial charge in [0.25, 0.3) is 0 Å². The fourth-order valence-corrected chi connectivity index (χ4v) is 2.22. The molecule has 3 rings (SSSR count). The molecule has 0 spiro atoms. The number of aryl methyl sites for hydroxylation is 1. The zero-order chi connectivity index (χ0) is 13.6. The molecule has 0 atom stereocenters. The monoisotopic (exact) mass is 255 g/mol. The van der Waals surface area contributed by atoms with Crippen LogP contribution in [0.15, 0.2) is 41.0 Å². The number of nitrogens with two attached hydrogens (primary N) is 1. The van der Waals surface area contributed by atoms with Gasteiger partial charge in [0.05, 0.1) is 17.3 Å². The molecular formula is C15H17N3O. The van der Waals surface area contributed by atoms with Gasteiger partial charge in [0, 0.05) is 12.6 Å². The highest BCUT2D eigenvalue weighted by Gasteiger charge is 2.17. The molecule has 4 nitrogen and oxygen atoms in total. The van der Waals surface area contributed by atoms with E-state index in [0.717, 1.165) is 28.2 Å². The molecule has 0 aliphatic rings. The van der Waals surface area contributed by atoms with E-state index in [2.05, 4.69) is 11.1 Å². The number of rotatable bonds is 2. The van der Waals surface area contributed by atoms with E-state index in [1.54, 1.807) is 6.26 Å². The summed E-state index contributed by atoms with van der Waals surface area (Å²) in [6.45, 7) is 4.00. The van der Waals surface area contributed by atoms with Crippen molar-refractivity contribution < 1.29 is 4.42 Å². The second kappa shape index (κ2) is 3.96. The number of hydrogen-bond acceptors (Lipinski definition) is 3. The standard InChI is InChI=1S/C15H17N3O/c1-15(2,16)10-6-7-11-12(9-10)18(3)14(17-11)13-5-4-8-19-13/h4-9H,16H2,1-3H3. The van der Waals surface area contributed by atoms with Crippen LogP contribution in [0, 0.1) is 0 Å². The van der Waals surface area contributed by atoms with Crippen molar-refractivity contribution in [3.63, 3.8) is 0 Å². The van der Waals surface area contributed by atoms with Gasteiger partial charge >= 0.3 is 0 Å². The van der Waals surface area contributed by atoms with Crippen LogP contribution in [0.5, 0.6) is 0 Å². The fraction of sp³-hybridized carbons (Fsp3) is 0.267. The molecule has 0 amide bonds. The van der Waals surface area contributed by atoms with Crippen molar-refractivity contribution in [3.8, 4) is 11.6 Å². The Morgan fingerprint density at radius 3 is 2.68 bits per heavy atom. The lowest BCUT2D eigenvalue weighted by Gasteiger charge is -2.19. The van der Waals surface area contributed by atoms with Gasteiger partial charge in [-0.15, -0.1) is 0 Å². The highest BCUT2D eigenvalue weighted by atomic mass is 16.3. The van der Waals surface area contributed by atoms with Crippen molar-refractivity contribution in [1.29, 1.82) is 0 Å². The molecular weight excluding hydrogens is 238 g/mol. The molecule has 0 unspecified atom stereocenters. The Bertz CT molecular complexity index is 718. The minimum absolute atomic E-state index is 0.358. The summed E-state index contributed by atoms with van der Waals surface area (Å²) in [5.74, 6) is 1.60. The minimum Gasteiger partial charge on any atom is -0.461 e. The van der Waals surface area contributed by atoms with Crippen LogP contribution in [-0.2, 0) is 12.6 Å². The van der Waals surface area contributed by atoms with Crippen LogP contribution in [0.2, 0.25) is 0 Å². The summed E-state index contributed by atoms with van der Waals surface area (Å²) in [4.78, 5) is 4.61. The maximum absolute atomic E-state index is 6.15. The van der Waals surface area contributed by atoms with E-state index in [4.69, 9.17) is 10.2 Å². The molecule has 1 aromatic carbocycles. The topological polar surface area (TPSA) is 57.0 Å². The Morgan fingerprint density at radius 2 is 2.05 bits per heavy atom. The highest BCUT2D eigenvalue weighted by Crippen LogP contribution is 2.27. The van der Waals surface area contributed by atoms with E-state index in [1.165, 1.54) is 0 Å². The lowest BCUT2D eigenvalue weighted by Crippen LogP contribution is -2.28. The van der Waals surface area contributed by atoms with Gasteiger partial charge in [-0.1, -0.05) is 6.07 Å². The summed E-state index contributed by atoms with van der Waals surface area (Å²) >= 11 is 0. The van der Waals surface area contributed by atoms with E-state index in [-0.39, 0.29) is 5.54 Å². The zero-order valence-corrected chi connectivity index (χ0v) is 11.3. The predicted molar refractivity (Wildman–Crippen MR) is 75.6 cm³/mol. The second-order valence-corrected chi connectivity index (χ2v) is 5.40. The molecule has 0 saturated heterocycles. The van der Waals surface area contributed by atoms with Crippen LogP contribution in [-0.4, -0.2) is 9.55 Å². The molecule has 19 heavy (non-hydrogen) atoms. The second-order valence-electron chi connectivity index (χ2n) is 5.40. The molecule has 0 radical (unpaired) electrons. The first-order chi connectivity index (χ1) is 8.97. The van der Waals surface area contributed by atoms with Gasteiger partial charge in [0.2, 0.25) is 0 Å². The number of furan rings is 1. The first-order valence-electron chi connectivity index (χ1n) is 6.26. The highest BCUT2D eigenvalue weighted by molar-refractivity contribution is 5.80. The predicted octanol–water partition coefficient (Wildman–Crippen LogP) is 3.03. The smallest absolute Gasteiger partial charge is 0.176 e. The Hall–Kier alpha value is -2.07. The van der Waals surface area contributed by atoms with Crippen molar-refractivity contribution in [2.75, 3.05) is 0 Å². The molecule has 3 aromatic rings. The third-order valence-electron chi connectivity index (χ3n) is 3.37. The van der Waals surface area contributed by atoms with Crippen molar-refractivity contribution >= 4 is 11.0 Å². The molecule has 0 saturated carbocycles. The van der Waals surface area contributed by atoms with Crippen molar-refractivity contribution in [2.24, 2.45) is 12.8 Å². The maximum atomic E-state index is 6.15. The summed E-state index contributed by atoms with van der Waals surface area (Å²) in [5.41, 5.74) is 8.89. The molecule has 98 valence electrons. The lowest BCUT2D eigenvalue weighted by molar-refractivity contribution is 0.555. The Kier molecular flexibility index (Phi) is 2.50. The van der Waals surface area contributed by atoms with Gasteiger partial charge in [-0.25, -0.2) is 4.98 Å². The van der Waals surface area contributed by atoms with Gasteiger partial charge in [0.15, 0.2) is 11.6 Å². The van der Waals surface area contributed by atoms with E-state index in [0.29, 0.717) is 0 Å². The number of benzene rings is 1. The molecule has 2 heterocycles. The number of nitrogens with zero attached hydrogens (tertiary/aromatic N) is 2. The Morgan fingerprint density at radius 1 is 1.26 bits per heavy atom. The van der Waals surface area contributed by atoms with E-state index >= 15 is 0 Å². The number of aromatic nitrogens is 2. The van der Waals surface area contributed by atoms with E-state index in [1.807, 2.05) is 49.7 Å². The fourth-order valence-electron chi connectivity index (χ4n) is 2.22. The lowest BCUT2D eigenvalue weighted by atomic mass is 9.95. The van der Waals surface area contributed by atoms with Crippen molar-refractivity contribution in [1.82, 2.24) is 9.55 Å². The molecule has 4 heteroatoms. The van der Waals surface area contributed by atoms with Crippen molar-refractivity contribution in [3.05, 3.63) is 42.2 Å². The summed E-state index contributed by atoms with van der Waals surface area (Å²) in [7, 11) is 1.99. The van der Waals surface area contributed by atoms with Crippen LogP contribution >= 0.6 is 0 Å². The van der Waals surface area contributed by atoms with Crippen LogP contribution in [0.1, 0.15) is 19.4 Å².